The molecule has 4 rings (SSSR count). The summed E-state index contributed by atoms with van der Waals surface area (Å²) in [6.45, 7) is 0.689. The second-order valence-electron chi connectivity index (χ2n) is 6.03. The van der Waals surface area contributed by atoms with E-state index >= 15 is 0 Å². The number of nitrogens with one attached hydrogen (secondary N) is 1. The van der Waals surface area contributed by atoms with Crippen LogP contribution in [0, 0.1) is 0 Å². The van der Waals surface area contributed by atoms with Crippen molar-refractivity contribution in [2.75, 3.05) is 6.61 Å². The quantitative estimate of drug-likeness (QED) is 0.671. The number of rotatable bonds is 5. The highest BCUT2D eigenvalue weighted by atomic mass is 32.2. The fourth-order valence-corrected chi connectivity index (χ4v) is 3.44. The smallest absolute Gasteiger partial charge is 0.290 e. The van der Waals surface area contributed by atoms with Crippen molar-refractivity contribution in [1.82, 2.24) is 14.9 Å². The molecule has 1 N–H and O–H groups in total. The molecule has 1 aliphatic rings. The van der Waals surface area contributed by atoms with Crippen LogP contribution in [0.5, 0.6) is 5.75 Å². The number of aromatic nitrogens is 2. The summed E-state index contributed by atoms with van der Waals surface area (Å²) in [6.07, 6.45) is 3.17. The van der Waals surface area contributed by atoms with E-state index in [0.29, 0.717) is 34.7 Å². The second-order valence-corrected chi connectivity index (χ2v) is 7.04. The molecule has 3 aromatic rings. The van der Waals surface area contributed by atoms with E-state index in [2.05, 4.69) is 10.3 Å². The van der Waals surface area contributed by atoms with Crippen molar-refractivity contribution in [2.45, 2.75) is 6.54 Å². The minimum absolute atomic E-state index is 0.0990. The molecule has 2 amide bonds. The number of carbonyl (C=O) groups excluding carboxylic acids is 2. The standard InChI is InChI=1S/C20H15N3O4S/c24-18-17(28-20(26)22-18)11-13-5-7-14(8-6-13)27-10-9-23-12-21-16-4-2-1-3-15(16)19(23)25/h1-8,11-12H,9-10H2,(H,22,24,26). The van der Waals surface area contributed by atoms with Crippen molar-refractivity contribution in [2.24, 2.45) is 0 Å². The number of carbonyl (C=O) groups is 2. The van der Waals surface area contributed by atoms with E-state index in [9.17, 15) is 14.4 Å². The fraction of sp³-hybridized carbons (Fsp3) is 0.100. The van der Waals surface area contributed by atoms with Crippen LogP contribution in [-0.4, -0.2) is 27.3 Å². The molecule has 0 bridgehead atoms. The molecule has 0 unspecified atom stereocenters. The van der Waals surface area contributed by atoms with Gasteiger partial charge in [0.25, 0.3) is 16.7 Å². The first-order valence-electron chi connectivity index (χ1n) is 8.52. The zero-order chi connectivity index (χ0) is 19.5. The predicted molar refractivity (Wildman–Crippen MR) is 107 cm³/mol. The maximum Gasteiger partial charge on any atom is 0.290 e. The van der Waals surface area contributed by atoms with Crippen LogP contribution < -0.4 is 15.6 Å². The largest absolute Gasteiger partial charge is 0.492 e. The molecule has 1 saturated heterocycles. The topological polar surface area (TPSA) is 90.3 Å². The lowest BCUT2D eigenvalue weighted by Crippen LogP contribution is -2.23. The van der Waals surface area contributed by atoms with Gasteiger partial charge in [0.15, 0.2) is 0 Å². The minimum atomic E-state index is -0.384. The lowest BCUT2D eigenvalue weighted by Gasteiger charge is -2.09. The van der Waals surface area contributed by atoms with Gasteiger partial charge >= 0.3 is 0 Å². The second kappa shape index (κ2) is 7.69. The van der Waals surface area contributed by atoms with Crippen LogP contribution in [-0.2, 0) is 11.3 Å². The van der Waals surface area contributed by atoms with Crippen molar-refractivity contribution in [1.29, 1.82) is 0 Å². The molecule has 1 fully saturated rings. The third-order valence-electron chi connectivity index (χ3n) is 4.15. The van der Waals surface area contributed by atoms with Gasteiger partial charge in [0.1, 0.15) is 12.4 Å². The first-order chi connectivity index (χ1) is 13.6. The van der Waals surface area contributed by atoms with Gasteiger partial charge in [-0.1, -0.05) is 24.3 Å². The molecule has 0 saturated carbocycles. The molecule has 8 heteroatoms. The third-order valence-corrected chi connectivity index (χ3v) is 4.96. The Kier molecular flexibility index (Phi) is 4.94. The highest BCUT2D eigenvalue weighted by Crippen LogP contribution is 2.26. The molecule has 28 heavy (non-hydrogen) atoms. The molecule has 0 aliphatic carbocycles. The number of amides is 2. The molecule has 0 spiro atoms. The van der Waals surface area contributed by atoms with Gasteiger partial charge in [0, 0.05) is 0 Å². The Hall–Kier alpha value is -3.39. The number of imide groups is 1. The molecule has 0 radical (unpaired) electrons. The van der Waals surface area contributed by atoms with Gasteiger partial charge in [-0.25, -0.2) is 4.98 Å². The van der Waals surface area contributed by atoms with E-state index in [4.69, 9.17) is 4.74 Å². The average Bonchev–Trinajstić information content (AvgIpc) is 3.02. The Morgan fingerprint density at radius 1 is 1.07 bits per heavy atom. The zero-order valence-corrected chi connectivity index (χ0v) is 15.4. The van der Waals surface area contributed by atoms with Crippen LogP contribution in [0.3, 0.4) is 0 Å². The van der Waals surface area contributed by atoms with E-state index in [-0.39, 0.29) is 16.7 Å². The van der Waals surface area contributed by atoms with Crippen LogP contribution in [0.2, 0.25) is 0 Å². The Morgan fingerprint density at radius 3 is 2.61 bits per heavy atom. The van der Waals surface area contributed by atoms with E-state index in [1.807, 2.05) is 12.1 Å². The number of nitrogens with zero attached hydrogens (tertiary/aromatic N) is 2. The zero-order valence-electron chi connectivity index (χ0n) is 14.6. The first-order valence-corrected chi connectivity index (χ1v) is 9.34. The van der Waals surface area contributed by atoms with Crippen LogP contribution in [0.15, 0.2) is 64.6 Å². The number of ether oxygens (including phenoxy) is 1. The van der Waals surface area contributed by atoms with Crippen LogP contribution in [0.1, 0.15) is 5.56 Å². The molecular formula is C20H15N3O4S. The number of fused-ring (bicyclic) bond motifs is 1. The van der Waals surface area contributed by atoms with Crippen molar-refractivity contribution in [3.05, 3.63) is 75.7 Å². The lowest BCUT2D eigenvalue weighted by atomic mass is 10.2. The lowest BCUT2D eigenvalue weighted by molar-refractivity contribution is -0.115. The minimum Gasteiger partial charge on any atom is -0.492 e. The average molecular weight is 393 g/mol. The Bertz CT molecular complexity index is 1150. The van der Waals surface area contributed by atoms with E-state index in [1.54, 1.807) is 42.5 Å². The number of hydrogen-bond acceptors (Lipinski definition) is 6. The summed E-state index contributed by atoms with van der Waals surface area (Å²) in [7, 11) is 0. The molecular weight excluding hydrogens is 378 g/mol. The van der Waals surface area contributed by atoms with Crippen LogP contribution >= 0.6 is 11.8 Å². The monoisotopic (exact) mass is 393 g/mol. The maximum atomic E-state index is 12.4. The fourth-order valence-electron chi connectivity index (χ4n) is 2.76. The molecule has 7 nitrogen and oxygen atoms in total. The van der Waals surface area contributed by atoms with E-state index in [1.165, 1.54) is 10.9 Å². The van der Waals surface area contributed by atoms with Crippen molar-refractivity contribution in [3.8, 4) is 5.75 Å². The molecule has 1 aromatic heterocycles. The molecule has 2 aromatic carbocycles. The highest BCUT2D eigenvalue weighted by Gasteiger charge is 2.24. The van der Waals surface area contributed by atoms with Gasteiger partial charge in [-0.05, 0) is 47.7 Å². The van der Waals surface area contributed by atoms with Crippen molar-refractivity contribution >= 4 is 39.9 Å². The number of benzene rings is 2. The SMILES string of the molecule is O=C1NC(=O)C(=Cc2ccc(OCCn3cnc4ccccc4c3=O)cc2)S1. The number of para-hydroxylation sites is 1. The van der Waals surface area contributed by atoms with Gasteiger partial charge in [-0.2, -0.15) is 0 Å². The molecule has 140 valence electrons. The predicted octanol–water partition coefficient (Wildman–Crippen LogP) is 2.80. The van der Waals surface area contributed by atoms with E-state index < -0.39 is 0 Å². The Morgan fingerprint density at radius 2 is 1.86 bits per heavy atom. The highest BCUT2D eigenvalue weighted by molar-refractivity contribution is 8.18. The van der Waals surface area contributed by atoms with Gasteiger partial charge in [0.05, 0.1) is 28.7 Å². The Balaban J connectivity index is 1.39. The summed E-state index contributed by atoms with van der Waals surface area (Å²) < 4.78 is 7.22. The third kappa shape index (κ3) is 3.81. The van der Waals surface area contributed by atoms with Gasteiger partial charge in [-0.3, -0.25) is 24.3 Å². The maximum absolute atomic E-state index is 12.4. The van der Waals surface area contributed by atoms with Crippen LogP contribution in [0.25, 0.3) is 17.0 Å². The summed E-state index contributed by atoms with van der Waals surface area (Å²) >= 11 is 0.878. The summed E-state index contributed by atoms with van der Waals surface area (Å²) in [6, 6.07) is 14.3. The van der Waals surface area contributed by atoms with Gasteiger partial charge < -0.3 is 4.74 Å². The molecule has 1 aliphatic heterocycles. The van der Waals surface area contributed by atoms with E-state index in [0.717, 1.165) is 17.3 Å². The summed E-state index contributed by atoms with van der Waals surface area (Å²) in [5.74, 6) is 0.258. The molecule has 2 heterocycles. The van der Waals surface area contributed by atoms with Gasteiger partial charge in [-0.15, -0.1) is 0 Å². The first kappa shape index (κ1) is 18.0. The summed E-state index contributed by atoms with van der Waals surface area (Å²) in [5.41, 5.74) is 1.36. The van der Waals surface area contributed by atoms with Crippen molar-refractivity contribution in [3.63, 3.8) is 0 Å². The molecule has 0 atom stereocenters. The number of thioether (sulfide) groups is 1. The Labute approximate surface area is 164 Å². The van der Waals surface area contributed by atoms with Crippen molar-refractivity contribution < 1.29 is 14.3 Å². The van der Waals surface area contributed by atoms with Crippen LogP contribution in [0.4, 0.5) is 4.79 Å². The summed E-state index contributed by atoms with van der Waals surface area (Å²) in [5, 5.41) is 2.43. The normalized spacial score (nSPS) is 15.2. The van der Waals surface area contributed by atoms with Gasteiger partial charge in [0.2, 0.25) is 0 Å². The number of hydrogen-bond donors (Lipinski definition) is 1. The summed E-state index contributed by atoms with van der Waals surface area (Å²) in [4.78, 5) is 39.8.